The van der Waals surface area contributed by atoms with Gasteiger partial charge in [0.15, 0.2) is 0 Å². The Hall–Kier alpha value is -3.45. The first-order chi connectivity index (χ1) is 17.5. The van der Waals surface area contributed by atoms with Crippen LogP contribution in [0.2, 0.25) is 0 Å². The summed E-state index contributed by atoms with van der Waals surface area (Å²) in [4.78, 5) is 28.6. The van der Waals surface area contributed by atoms with Crippen molar-refractivity contribution in [1.29, 1.82) is 0 Å². The maximum absolute atomic E-state index is 13.3. The summed E-state index contributed by atoms with van der Waals surface area (Å²) in [6.45, 7) is 8.61. The molecule has 3 heterocycles. The van der Waals surface area contributed by atoms with Crippen LogP contribution in [0.3, 0.4) is 0 Å². The van der Waals surface area contributed by atoms with Crippen molar-refractivity contribution in [2.75, 3.05) is 19.6 Å². The number of aryl methyl sites for hydroxylation is 2. The van der Waals surface area contributed by atoms with Crippen molar-refractivity contribution in [3.8, 4) is 0 Å². The highest BCUT2D eigenvalue weighted by Gasteiger charge is 2.21. The molecule has 1 amide bonds. The average molecular weight is 486 g/mol. The third-order valence-corrected chi connectivity index (χ3v) is 7.30. The van der Waals surface area contributed by atoms with Gasteiger partial charge in [-0.15, -0.1) is 0 Å². The Balaban J connectivity index is 1.19. The molecule has 5 rings (SSSR count). The minimum Gasteiger partial charge on any atom is -0.354 e. The van der Waals surface area contributed by atoms with Crippen molar-refractivity contribution >= 4 is 27.7 Å². The summed E-state index contributed by atoms with van der Waals surface area (Å²) in [5.74, 6) is 0.297. The van der Waals surface area contributed by atoms with E-state index in [0.29, 0.717) is 18.0 Å². The van der Waals surface area contributed by atoms with E-state index in [1.54, 1.807) is 6.20 Å². The van der Waals surface area contributed by atoms with Gasteiger partial charge in [-0.2, -0.15) is 5.10 Å². The van der Waals surface area contributed by atoms with E-state index in [2.05, 4.69) is 58.0 Å². The SMILES string of the molecule is CCCn1c2ccccc2c2cnn(CC(=O)NCC3CCN(Cc4cccc(C)c4)CC3)c(=O)c21. The molecule has 0 saturated carbocycles. The Bertz CT molecular complexity index is 1430. The number of carbonyl (C=O) groups excluding carboxylic acids is 1. The Labute approximate surface area is 211 Å². The third-order valence-electron chi connectivity index (χ3n) is 7.30. The Kier molecular flexibility index (Phi) is 7.18. The van der Waals surface area contributed by atoms with Crippen LogP contribution in [0.5, 0.6) is 0 Å². The van der Waals surface area contributed by atoms with Crippen molar-refractivity contribution in [3.05, 3.63) is 76.2 Å². The zero-order valence-electron chi connectivity index (χ0n) is 21.2. The van der Waals surface area contributed by atoms with Crippen LogP contribution in [0.15, 0.2) is 59.5 Å². The number of carbonyl (C=O) groups is 1. The molecule has 0 radical (unpaired) electrons. The maximum atomic E-state index is 13.3. The fraction of sp³-hybridized carbons (Fsp3) is 0.414. The highest BCUT2D eigenvalue weighted by molar-refractivity contribution is 6.07. The normalized spacial score (nSPS) is 15.1. The molecule has 0 aliphatic carbocycles. The van der Waals surface area contributed by atoms with Crippen LogP contribution in [0.25, 0.3) is 21.8 Å². The van der Waals surface area contributed by atoms with E-state index in [0.717, 1.165) is 61.7 Å². The van der Waals surface area contributed by atoms with E-state index in [1.807, 2.05) is 24.3 Å². The molecule has 2 aromatic heterocycles. The lowest BCUT2D eigenvalue weighted by atomic mass is 9.96. The molecule has 7 heteroatoms. The molecule has 0 unspecified atom stereocenters. The monoisotopic (exact) mass is 485 g/mol. The van der Waals surface area contributed by atoms with Gasteiger partial charge >= 0.3 is 0 Å². The van der Waals surface area contributed by atoms with Crippen molar-refractivity contribution in [1.82, 2.24) is 24.6 Å². The second-order valence-electron chi connectivity index (χ2n) is 10.1. The molecule has 0 atom stereocenters. The number of nitrogens with one attached hydrogen (secondary N) is 1. The number of likely N-dealkylation sites (tertiary alicyclic amines) is 1. The highest BCUT2D eigenvalue weighted by atomic mass is 16.2. The molecule has 188 valence electrons. The number of amides is 1. The Morgan fingerprint density at radius 2 is 1.89 bits per heavy atom. The fourth-order valence-electron chi connectivity index (χ4n) is 5.43. The van der Waals surface area contributed by atoms with Crippen LogP contribution < -0.4 is 10.9 Å². The number of piperidine rings is 1. The molecule has 1 aliphatic rings. The van der Waals surface area contributed by atoms with E-state index < -0.39 is 0 Å². The molecular weight excluding hydrogens is 450 g/mol. The van der Waals surface area contributed by atoms with Crippen molar-refractivity contribution in [2.45, 2.75) is 52.7 Å². The molecule has 36 heavy (non-hydrogen) atoms. The number of benzene rings is 2. The lowest BCUT2D eigenvalue weighted by Crippen LogP contribution is -2.40. The first-order valence-corrected chi connectivity index (χ1v) is 13.0. The molecule has 7 nitrogen and oxygen atoms in total. The maximum Gasteiger partial charge on any atom is 0.291 e. The number of aromatic nitrogens is 3. The molecule has 0 bridgehead atoms. The van der Waals surface area contributed by atoms with Gasteiger partial charge in [0.1, 0.15) is 12.1 Å². The van der Waals surface area contributed by atoms with Crippen molar-refractivity contribution in [3.63, 3.8) is 0 Å². The first-order valence-electron chi connectivity index (χ1n) is 13.0. The number of rotatable bonds is 8. The number of para-hydroxylation sites is 1. The van der Waals surface area contributed by atoms with Gasteiger partial charge in [-0.3, -0.25) is 14.5 Å². The first kappa shape index (κ1) is 24.3. The van der Waals surface area contributed by atoms with E-state index in [9.17, 15) is 9.59 Å². The van der Waals surface area contributed by atoms with Crippen LogP contribution in [0.4, 0.5) is 0 Å². The molecule has 1 saturated heterocycles. The summed E-state index contributed by atoms with van der Waals surface area (Å²) in [7, 11) is 0. The van der Waals surface area contributed by atoms with E-state index in [4.69, 9.17) is 0 Å². The molecule has 2 aromatic carbocycles. The summed E-state index contributed by atoms with van der Waals surface area (Å²) in [5, 5.41) is 9.26. The minimum absolute atomic E-state index is 0.0609. The molecule has 4 aromatic rings. The van der Waals surface area contributed by atoms with Gasteiger partial charge in [-0.05, 0) is 56.8 Å². The zero-order valence-corrected chi connectivity index (χ0v) is 21.2. The predicted octanol–water partition coefficient (Wildman–Crippen LogP) is 4.10. The average Bonchev–Trinajstić information content (AvgIpc) is 3.20. The smallest absolute Gasteiger partial charge is 0.291 e. The molecule has 1 fully saturated rings. The summed E-state index contributed by atoms with van der Waals surface area (Å²) in [5.41, 5.74) is 4.10. The lowest BCUT2D eigenvalue weighted by Gasteiger charge is -2.32. The fourth-order valence-corrected chi connectivity index (χ4v) is 5.43. The summed E-state index contributed by atoms with van der Waals surface area (Å²) < 4.78 is 3.36. The third kappa shape index (κ3) is 5.07. The Morgan fingerprint density at radius 1 is 1.08 bits per heavy atom. The topological polar surface area (TPSA) is 72.2 Å². The van der Waals surface area contributed by atoms with E-state index in [-0.39, 0.29) is 18.0 Å². The minimum atomic E-state index is -0.211. The van der Waals surface area contributed by atoms with Crippen LogP contribution in [0, 0.1) is 12.8 Å². The summed E-state index contributed by atoms with van der Waals surface area (Å²) in [6.07, 6.45) is 4.77. The van der Waals surface area contributed by atoms with E-state index in [1.165, 1.54) is 15.8 Å². The number of hydrogen-bond donors (Lipinski definition) is 1. The van der Waals surface area contributed by atoms with Crippen LogP contribution >= 0.6 is 0 Å². The molecular formula is C29H35N5O2. The Morgan fingerprint density at radius 3 is 2.67 bits per heavy atom. The standard InChI is InChI=1S/C29H35N5O2/c1-3-13-33-26-10-5-4-9-24(26)25-18-31-34(29(36)28(25)33)20-27(35)30-17-22-11-14-32(15-12-22)19-23-8-6-7-21(2)16-23/h4-10,16,18,22H,3,11-15,17,19-20H2,1-2H3,(H,30,35). The molecule has 1 N–H and O–H groups in total. The quantitative estimate of drug-likeness (QED) is 0.408. The number of hydrogen-bond acceptors (Lipinski definition) is 4. The van der Waals surface area contributed by atoms with Crippen LogP contribution in [0.1, 0.15) is 37.3 Å². The van der Waals surface area contributed by atoms with Gasteiger partial charge in [-0.25, -0.2) is 4.68 Å². The summed E-state index contributed by atoms with van der Waals surface area (Å²) >= 11 is 0. The number of fused-ring (bicyclic) bond motifs is 3. The van der Waals surface area contributed by atoms with Crippen molar-refractivity contribution < 1.29 is 4.79 Å². The van der Waals surface area contributed by atoms with Gasteiger partial charge in [0.2, 0.25) is 5.91 Å². The highest BCUT2D eigenvalue weighted by Crippen LogP contribution is 2.26. The number of nitrogens with zero attached hydrogens (tertiary/aromatic N) is 4. The molecule has 1 aliphatic heterocycles. The van der Waals surface area contributed by atoms with Gasteiger partial charge in [0.05, 0.1) is 6.20 Å². The van der Waals surface area contributed by atoms with E-state index >= 15 is 0 Å². The van der Waals surface area contributed by atoms with Crippen LogP contribution in [-0.2, 0) is 24.4 Å². The largest absolute Gasteiger partial charge is 0.354 e. The second kappa shape index (κ2) is 10.7. The second-order valence-corrected chi connectivity index (χ2v) is 10.1. The van der Waals surface area contributed by atoms with Gasteiger partial charge in [0.25, 0.3) is 5.56 Å². The van der Waals surface area contributed by atoms with Gasteiger partial charge in [-0.1, -0.05) is 55.0 Å². The predicted molar refractivity (Wildman–Crippen MR) is 144 cm³/mol. The van der Waals surface area contributed by atoms with Gasteiger partial charge in [0, 0.05) is 35.9 Å². The van der Waals surface area contributed by atoms with Gasteiger partial charge < -0.3 is 9.88 Å². The van der Waals surface area contributed by atoms with Crippen LogP contribution in [-0.4, -0.2) is 44.8 Å². The summed E-state index contributed by atoms with van der Waals surface area (Å²) in [6, 6.07) is 16.7. The lowest BCUT2D eigenvalue weighted by molar-refractivity contribution is -0.122. The van der Waals surface area contributed by atoms with Crippen molar-refractivity contribution in [2.24, 2.45) is 5.92 Å². The molecule has 0 spiro atoms. The zero-order chi connectivity index (χ0) is 25.1.